The minimum Gasteiger partial charge on any atom is -0.509 e. The van der Waals surface area contributed by atoms with Crippen LogP contribution in [0.4, 0.5) is 22.7 Å². The Hall–Kier alpha value is -7.20. The molecule has 1 aliphatic rings. The topological polar surface area (TPSA) is 33.5 Å². The van der Waals surface area contributed by atoms with E-state index in [1.807, 2.05) is 12.3 Å². The number of anilines is 4. The molecule has 0 spiro atoms. The standard InChI is InChI=1S/C71H69N4O.CH3.Pt/c1-47(2)59-27-19-20-28-60(59)48-37-55(44-58(38-48)76-57-32-33-62-61-29-21-22-30-63(61)75(65(62)45-57)67-43-52(35-36-72-67)69(6,7)8)73-46-74(66-42-51(68(3,4)5)31-34-64(66)73)56-40-53(70(9,10)49-23-15-13-16-24-49)39-54(41-56)71(11,12)50-25-17-14-18-26-50;;/h13-43,46-47H,1-12H3;1H3;/q-3;-1;+4. The quantitative estimate of drug-likeness (QED) is 0.121. The van der Waals surface area contributed by atoms with Crippen molar-refractivity contribution in [2.45, 2.75) is 111 Å². The summed E-state index contributed by atoms with van der Waals surface area (Å²) in [6, 6.07) is 73.7. The first kappa shape index (κ1) is 55.5. The van der Waals surface area contributed by atoms with Gasteiger partial charge in [-0.05, 0) is 109 Å². The van der Waals surface area contributed by atoms with Crippen molar-refractivity contribution >= 4 is 44.6 Å². The molecule has 0 unspecified atom stereocenters. The Bertz CT molecular complexity index is 3710. The molecule has 0 aliphatic carbocycles. The summed E-state index contributed by atoms with van der Waals surface area (Å²) in [5.41, 5.74) is 16.3. The minimum absolute atomic E-state index is 0. The van der Waals surface area contributed by atoms with Gasteiger partial charge in [-0.25, -0.2) is 4.98 Å². The number of aromatic nitrogens is 2. The van der Waals surface area contributed by atoms with Crippen LogP contribution in [0.2, 0.25) is 0 Å². The first-order valence-electron chi connectivity index (χ1n) is 26.9. The summed E-state index contributed by atoms with van der Waals surface area (Å²) < 4.78 is 9.29. The maximum atomic E-state index is 7.07. The van der Waals surface area contributed by atoms with Crippen LogP contribution < -0.4 is 14.5 Å². The number of hydrogen-bond donors (Lipinski definition) is 0. The van der Waals surface area contributed by atoms with Gasteiger partial charge in [-0.2, -0.15) is 6.07 Å². The maximum absolute atomic E-state index is 7.07. The third-order valence-electron chi connectivity index (χ3n) is 15.8. The molecular formula is C72H72N4OPt. The summed E-state index contributed by atoms with van der Waals surface area (Å²) >= 11 is 0. The van der Waals surface area contributed by atoms with Crippen molar-refractivity contribution in [1.29, 1.82) is 0 Å². The van der Waals surface area contributed by atoms with Crippen molar-refractivity contribution < 1.29 is 25.8 Å². The number of hydrogen-bond acceptors (Lipinski definition) is 4. The smallest absolute Gasteiger partial charge is 0.509 e. The van der Waals surface area contributed by atoms with Crippen molar-refractivity contribution in [3.05, 3.63) is 253 Å². The predicted octanol–water partition coefficient (Wildman–Crippen LogP) is 19.5. The third-order valence-corrected chi connectivity index (χ3v) is 15.8. The van der Waals surface area contributed by atoms with Crippen LogP contribution in [-0.2, 0) is 42.7 Å². The monoisotopic (exact) mass is 1200 g/mol. The average Bonchev–Trinajstić information content (AvgIpc) is 3.97. The van der Waals surface area contributed by atoms with Crippen molar-refractivity contribution in [1.82, 2.24) is 9.55 Å². The zero-order valence-corrected chi connectivity index (χ0v) is 49.8. The second kappa shape index (κ2) is 21.2. The Balaban J connectivity index is 0.00000370. The molecular weight excluding hydrogens is 1130 g/mol. The number of para-hydroxylation sites is 1. The van der Waals surface area contributed by atoms with E-state index in [0.29, 0.717) is 17.4 Å². The van der Waals surface area contributed by atoms with E-state index in [-0.39, 0.29) is 50.2 Å². The Labute approximate surface area is 479 Å². The molecule has 2 aromatic heterocycles. The van der Waals surface area contributed by atoms with Crippen molar-refractivity contribution in [2.75, 3.05) is 9.80 Å². The molecule has 396 valence electrons. The molecule has 5 nitrogen and oxygen atoms in total. The van der Waals surface area contributed by atoms with Crippen LogP contribution in [0.3, 0.4) is 0 Å². The Kier molecular flexibility index (Phi) is 15.1. The number of benzene rings is 8. The molecule has 0 atom stereocenters. The maximum Gasteiger partial charge on any atom is 4.00 e. The van der Waals surface area contributed by atoms with Gasteiger partial charge in [0.1, 0.15) is 5.82 Å². The van der Waals surface area contributed by atoms with Crippen molar-refractivity contribution in [2.24, 2.45) is 0 Å². The van der Waals surface area contributed by atoms with Gasteiger partial charge in [0.15, 0.2) is 0 Å². The molecule has 0 amide bonds. The van der Waals surface area contributed by atoms with Crippen molar-refractivity contribution in [3.63, 3.8) is 0 Å². The van der Waals surface area contributed by atoms with Gasteiger partial charge in [-0.3, -0.25) is 0 Å². The molecule has 78 heavy (non-hydrogen) atoms. The number of ether oxygens (including phenoxy) is 1. The molecule has 3 heterocycles. The molecule has 1 aliphatic heterocycles. The summed E-state index contributed by atoms with van der Waals surface area (Å²) in [6.07, 6.45) is 1.92. The largest absolute Gasteiger partial charge is 4.00 e. The number of pyridine rings is 1. The van der Waals surface area contributed by atoms with Gasteiger partial charge in [0.2, 0.25) is 0 Å². The zero-order chi connectivity index (χ0) is 53.3. The van der Waals surface area contributed by atoms with E-state index < -0.39 is 0 Å². The van der Waals surface area contributed by atoms with Crippen LogP contribution in [0.25, 0.3) is 38.8 Å². The first-order chi connectivity index (χ1) is 36.3. The van der Waals surface area contributed by atoms with E-state index in [4.69, 9.17) is 9.72 Å². The fourth-order valence-electron chi connectivity index (χ4n) is 11.0. The SMILES string of the molecule is CC(C)c1ccccc1-c1cc(Oc2[c-]c3c(cc2)c2ccccc2n3-c2cc(C(C)(C)C)ccn2)[c-]c(N2[CH-]N(c3cc(C(C)(C)c4ccccc4)cc(C(C)(C)c4ccccc4)c3)c3cc(C(C)(C)C)ccc32)c1.[CH3-].[Pt+4]. The second-order valence-corrected chi connectivity index (χ2v) is 24.1. The van der Waals surface area contributed by atoms with Crippen LogP contribution in [-0.4, -0.2) is 9.55 Å². The zero-order valence-electron chi connectivity index (χ0n) is 47.6. The second-order valence-electron chi connectivity index (χ2n) is 24.1. The molecule has 0 N–H and O–H groups in total. The van der Waals surface area contributed by atoms with Gasteiger partial charge < -0.3 is 26.5 Å². The van der Waals surface area contributed by atoms with E-state index in [1.165, 1.54) is 38.9 Å². The molecule has 10 aromatic rings. The van der Waals surface area contributed by atoms with Gasteiger partial charge in [-0.15, -0.1) is 53.6 Å². The van der Waals surface area contributed by atoms with Crippen molar-refractivity contribution in [3.8, 4) is 28.4 Å². The normalized spacial score (nSPS) is 12.9. The number of rotatable bonds is 11. The molecule has 0 bridgehead atoms. The van der Waals surface area contributed by atoms with E-state index >= 15 is 0 Å². The summed E-state index contributed by atoms with van der Waals surface area (Å²) in [7, 11) is 0. The van der Waals surface area contributed by atoms with Crippen LogP contribution in [0, 0.1) is 26.2 Å². The third kappa shape index (κ3) is 10.4. The van der Waals surface area contributed by atoms with Gasteiger partial charge >= 0.3 is 21.1 Å². The van der Waals surface area contributed by atoms with E-state index in [9.17, 15) is 0 Å². The fourth-order valence-corrected chi connectivity index (χ4v) is 11.0. The Morgan fingerprint density at radius 1 is 0.500 bits per heavy atom. The molecule has 0 radical (unpaired) electrons. The average molecular weight is 1200 g/mol. The van der Waals surface area contributed by atoms with Crippen LogP contribution in [0.5, 0.6) is 11.5 Å². The summed E-state index contributed by atoms with van der Waals surface area (Å²) in [5, 5.41) is 2.22. The fraction of sp³-hybridized carbons (Fsp3) is 0.236. The molecule has 0 saturated heterocycles. The van der Waals surface area contributed by atoms with E-state index in [1.54, 1.807) is 0 Å². The first-order valence-corrected chi connectivity index (χ1v) is 26.9. The van der Waals surface area contributed by atoms with Gasteiger partial charge in [0.05, 0.1) is 0 Å². The number of fused-ring (bicyclic) bond motifs is 4. The molecule has 0 fully saturated rings. The number of nitrogens with zero attached hydrogens (tertiary/aromatic N) is 4. The van der Waals surface area contributed by atoms with Gasteiger partial charge in [0, 0.05) is 51.1 Å². The van der Waals surface area contributed by atoms with E-state index in [2.05, 4.69) is 292 Å². The van der Waals surface area contributed by atoms with E-state index in [0.717, 1.165) is 61.5 Å². The van der Waals surface area contributed by atoms with Crippen LogP contribution in [0.1, 0.15) is 128 Å². The molecule has 6 heteroatoms. The summed E-state index contributed by atoms with van der Waals surface area (Å²) in [4.78, 5) is 9.63. The minimum atomic E-state index is -0.298. The summed E-state index contributed by atoms with van der Waals surface area (Å²) in [6.45, 7) is 29.8. The molecule has 11 rings (SSSR count). The molecule has 8 aromatic carbocycles. The van der Waals surface area contributed by atoms with Crippen LogP contribution in [0.15, 0.2) is 188 Å². The summed E-state index contributed by atoms with van der Waals surface area (Å²) in [5.74, 6) is 2.33. The Morgan fingerprint density at radius 3 is 1.74 bits per heavy atom. The van der Waals surface area contributed by atoms with Gasteiger partial charge in [0.25, 0.3) is 0 Å². The molecule has 0 saturated carbocycles. The van der Waals surface area contributed by atoms with Gasteiger partial charge in [-0.1, -0.05) is 204 Å². The predicted molar refractivity (Wildman–Crippen MR) is 325 cm³/mol. The Morgan fingerprint density at radius 2 is 1.10 bits per heavy atom. The van der Waals surface area contributed by atoms with Crippen LogP contribution >= 0.6 is 0 Å².